The molecule has 1 radical (unpaired) electrons. The van der Waals surface area contributed by atoms with Gasteiger partial charge in [-0.15, -0.1) is 13.3 Å². The fraction of sp³-hybridized carbons (Fsp3) is 0.500. The summed E-state index contributed by atoms with van der Waals surface area (Å²) in [6.07, 6.45) is 7.03. The second-order valence-electron chi connectivity index (χ2n) is 3.07. The van der Waals surface area contributed by atoms with Crippen molar-refractivity contribution in [3.05, 3.63) is 23.3 Å². The van der Waals surface area contributed by atoms with Crippen molar-refractivity contribution in [3.8, 4) is 0 Å². The van der Waals surface area contributed by atoms with E-state index in [1.807, 2.05) is 13.1 Å². The van der Waals surface area contributed by atoms with E-state index in [2.05, 4.69) is 30.6 Å². The number of carbonyl (C=O) groups is 1. The molecule has 1 rings (SSSR count). The van der Waals surface area contributed by atoms with E-state index in [9.17, 15) is 4.79 Å². The third kappa shape index (κ3) is 14.5. The third-order valence-corrected chi connectivity index (χ3v) is 2.30. The first-order valence-corrected chi connectivity index (χ1v) is 6.72. The molecule has 0 saturated carbocycles. The van der Waals surface area contributed by atoms with E-state index < -0.39 is 8.59 Å². The number of hydrogen-bond acceptors (Lipinski definition) is 1. The Morgan fingerprint density at radius 3 is 1.94 bits per heavy atom. The molecule has 16 heavy (non-hydrogen) atoms. The van der Waals surface area contributed by atoms with Crippen molar-refractivity contribution in [2.45, 2.75) is 33.4 Å². The predicted octanol–water partition coefficient (Wildman–Crippen LogP) is -3.25. The van der Waals surface area contributed by atoms with Crippen LogP contribution in [-0.2, 0) is 26.5 Å². The van der Waals surface area contributed by atoms with E-state index in [4.69, 9.17) is 0 Å². The van der Waals surface area contributed by atoms with Crippen LogP contribution in [0.25, 0.3) is 0 Å². The first-order chi connectivity index (χ1) is 6.07. The fourth-order valence-electron chi connectivity index (χ4n) is 0.755. The zero-order valence-corrected chi connectivity index (χ0v) is 14.0. The molecule has 89 valence electrons. The molecule has 1 aliphatic carbocycles. The zero-order valence-electron chi connectivity index (χ0n) is 9.97. The number of amides is 1. The van der Waals surface area contributed by atoms with E-state index in [0.29, 0.717) is 6.41 Å². The van der Waals surface area contributed by atoms with Gasteiger partial charge in [-0.1, -0.05) is 6.92 Å². The van der Waals surface area contributed by atoms with Gasteiger partial charge in [-0.3, -0.25) is 15.5 Å². The first kappa shape index (κ1) is 25.3. The molecule has 0 spiro atoms. The van der Waals surface area contributed by atoms with Gasteiger partial charge in [-0.05, 0) is 13.1 Å². The van der Waals surface area contributed by atoms with E-state index in [0.717, 1.165) is 6.42 Å². The molecule has 0 bridgehead atoms. The molecule has 0 N–H and O–H groups in total. The number of hydrogen-bond donors (Lipinski definition) is 0. The predicted molar refractivity (Wildman–Crippen MR) is 56.8 cm³/mol. The van der Waals surface area contributed by atoms with Gasteiger partial charge in [0.2, 0.25) is 6.41 Å². The largest absolute Gasteiger partial charge is 3.00 e. The van der Waals surface area contributed by atoms with E-state index in [1.165, 1.54) is 11.1 Å². The number of halogens is 2. The van der Waals surface area contributed by atoms with Gasteiger partial charge in [-0.2, -0.15) is 6.08 Å². The van der Waals surface area contributed by atoms with Gasteiger partial charge in [0.05, 0.1) is 0 Å². The van der Waals surface area contributed by atoms with Crippen molar-refractivity contribution in [2.75, 3.05) is 0 Å². The van der Waals surface area contributed by atoms with Crippen molar-refractivity contribution in [3.63, 3.8) is 0 Å². The summed E-state index contributed by atoms with van der Waals surface area (Å²) in [5, 5.41) is 0. The molecule has 1 amide bonds. The van der Waals surface area contributed by atoms with Gasteiger partial charge in [0.25, 0.3) is 0 Å². The molecule has 0 heterocycles. The third-order valence-electron chi connectivity index (χ3n) is 1.68. The Morgan fingerprint density at radius 1 is 1.38 bits per heavy atom. The van der Waals surface area contributed by atoms with Crippen molar-refractivity contribution < 1.29 is 51.3 Å². The van der Waals surface area contributed by atoms with E-state index >= 15 is 0 Å². The van der Waals surface area contributed by atoms with Crippen LogP contribution in [0.3, 0.4) is 0 Å². The average Bonchev–Trinajstić information content (AvgIpc) is 2.37. The van der Waals surface area contributed by atoms with Gasteiger partial charge in [0.1, 0.15) is 8.59 Å². The van der Waals surface area contributed by atoms with Gasteiger partial charge in [0, 0.05) is 0 Å². The molecule has 0 atom stereocenters. The molecular formula is C10H16Cl2NOSiTi. The van der Waals surface area contributed by atoms with Gasteiger partial charge < -0.3 is 24.8 Å². The van der Waals surface area contributed by atoms with Gasteiger partial charge in [-0.25, -0.2) is 11.1 Å². The van der Waals surface area contributed by atoms with Crippen molar-refractivity contribution >= 4 is 15.0 Å². The molecular weight excluding hydrogens is 297 g/mol. The molecule has 0 unspecified atom stereocenters. The zero-order chi connectivity index (χ0) is 10.3. The van der Waals surface area contributed by atoms with Crippen LogP contribution in [0.2, 0.25) is 13.1 Å². The minimum absolute atomic E-state index is 0. The van der Waals surface area contributed by atoms with E-state index in [-0.39, 0.29) is 46.5 Å². The van der Waals surface area contributed by atoms with Gasteiger partial charge >= 0.3 is 21.7 Å². The SMILES string of the molecule is CC1=[C-]CC=C1C.C[Si](C)=NC=O.[Cl-].[Cl-].[Ti+3]. The van der Waals surface area contributed by atoms with Crippen LogP contribution in [0.4, 0.5) is 0 Å². The van der Waals surface area contributed by atoms with Crippen molar-refractivity contribution in [1.29, 1.82) is 0 Å². The maximum atomic E-state index is 9.47. The Morgan fingerprint density at radius 2 is 1.88 bits per heavy atom. The monoisotopic (exact) mass is 312 g/mol. The van der Waals surface area contributed by atoms with Crippen LogP contribution in [0, 0.1) is 6.08 Å². The summed E-state index contributed by atoms with van der Waals surface area (Å²) in [5.41, 5.74) is 2.71. The summed E-state index contributed by atoms with van der Waals surface area (Å²) in [5.74, 6) is 0. The normalized spacial score (nSPS) is 11.0. The van der Waals surface area contributed by atoms with Crippen molar-refractivity contribution in [1.82, 2.24) is 0 Å². The van der Waals surface area contributed by atoms with Crippen molar-refractivity contribution in [2.24, 2.45) is 4.63 Å². The van der Waals surface area contributed by atoms with Crippen LogP contribution in [0.5, 0.6) is 0 Å². The number of allylic oxidation sites excluding steroid dienone is 4. The average molecular weight is 313 g/mol. The summed E-state index contributed by atoms with van der Waals surface area (Å²) in [7, 11) is -0.629. The van der Waals surface area contributed by atoms with Crippen LogP contribution >= 0.6 is 0 Å². The molecule has 1 aliphatic rings. The quantitative estimate of drug-likeness (QED) is 0.284. The Bertz CT molecular complexity index is 258. The summed E-state index contributed by atoms with van der Waals surface area (Å²) in [6, 6.07) is 0. The first-order valence-electron chi connectivity index (χ1n) is 4.27. The summed E-state index contributed by atoms with van der Waals surface area (Å²) >= 11 is 0. The molecule has 0 aromatic rings. The maximum absolute atomic E-state index is 9.47. The maximum Gasteiger partial charge on any atom is 3.00 e. The van der Waals surface area contributed by atoms with Crippen LogP contribution in [-0.4, -0.2) is 15.0 Å². The topological polar surface area (TPSA) is 29.4 Å². The molecule has 0 saturated heterocycles. The second-order valence-corrected chi connectivity index (χ2v) is 5.23. The molecule has 0 aromatic carbocycles. The number of carbonyl (C=O) groups excluding carboxylic acids is 1. The Hall–Kier alpha value is 0.461. The van der Waals surface area contributed by atoms with Crippen LogP contribution in [0.1, 0.15) is 20.3 Å². The Labute approximate surface area is 127 Å². The van der Waals surface area contributed by atoms with E-state index in [1.54, 1.807) is 0 Å². The second kappa shape index (κ2) is 15.5. The fourth-order valence-corrected chi connectivity index (χ4v) is 0.966. The minimum atomic E-state index is -0.629. The molecule has 0 fully saturated rings. The summed E-state index contributed by atoms with van der Waals surface area (Å²) < 4.78 is 3.55. The minimum Gasteiger partial charge on any atom is -1.00 e. The standard InChI is InChI=1S/C7H9.C3H7NOSi.2ClH.Ti/c1-6-4-3-5-7(6)2;1-6(2)4-3-5;;;/h4H,3H2,1-2H3;3H,1-2H3;2*1H;/q-1;;;;+3/p-2. The van der Waals surface area contributed by atoms with Gasteiger partial charge in [0.15, 0.2) is 0 Å². The number of nitrogens with zero attached hydrogens (tertiary/aromatic N) is 1. The smallest absolute Gasteiger partial charge is 1.00 e. The van der Waals surface area contributed by atoms with Crippen LogP contribution < -0.4 is 24.8 Å². The Balaban J connectivity index is -0.0000000767. The van der Waals surface area contributed by atoms with Crippen LogP contribution in [0.15, 0.2) is 21.9 Å². The molecule has 6 heteroatoms. The summed E-state index contributed by atoms with van der Waals surface area (Å²) in [4.78, 5) is 9.47. The Kier molecular flexibility index (Phi) is 24.5. The summed E-state index contributed by atoms with van der Waals surface area (Å²) in [6.45, 7) is 8.13. The number of rotatable bonds is 1. The molecule has 0 aliphatic heterocycles. The molecule has 2 nitrogen and oxygen atoms in total. The molecule has 0 aromatic heterocycles.